The maximum Gasteiger partial charge on any atom is 0.410 e. The van der Waals surface area contributed by atoms with Crippen LogP contribution in [0.3, 0.4) is 0 Å². The van der Waals surface area contributed by atoms with Crippen molar-refractivity contribution in [2.24, 2.45) is 14.1 Å². The van der Waals surface area contributed by atoms with Crippen molar-refractivity contribution in [3.8, 4) is 0 Å². The Kier molecular flexibility index (Phi) is 15.0. The summed E-state index contributed by atoms with van der Waals surface area (Å²) in [5.74, 6) is 0. The highest BCUT2D eigenvalue weighted by Crippen LogP contribution is 2.48. The first-order chi connectivity index (χ1) is 35.9. The van der Waals surface area contributed by atoms with E-state index in [4.69, 9.17) is 31.0 Å². The average molecular weight is 1050 g/mol. The lowest BCUT2D eigenvalue weighted by Crippen LogP contribution is -2.51. The molecule has 0 spiro atoms. The molecule has 4 aromatic heterocycles. The predicted molar refractivity (Wildman–Crippen MR) is 295 cm³/mol. The molecule has 2 aliphatic heterocycles. The first-order valence-electron chi connectivity index (χ1n) is 26.0. The van der Waals surface area contributed by atoms with E-state index in [1.54, 1.807) is 48.0 Å². The minimum atomic E-state index is -1.35. The summed E-state index contributed by atoms with van der Waals surface area (Å²) in [7, 11) is 3.77. The lowest BCUT2D eigenvalue weighted by atomic mass is 9.83. The molecule has 2 fully saturated rings. The van der Waals surface area contributed by atoms with E-state index in [0.717, 1.165) is 61.5 Å². The highest BCUT2D eigenvalue weighted by Gasteiger charge is 2.42. The largest absolute Gasteiger partial charge is 0.444 e. The number of imidazole rings is 2. The van der Waals surface area contributed by atoms with Gasteiger partial charge in [0, 0.05) is 83.9 Å². The van der Waals surface area contributed by atoms with Crippen LogP contribution in [-0.4, -0.2) is 135 Å². The molecule has 6 heterocycles. The fourth-order valence-electron chi connectivity index (χ4n) is 10.9. The molecule has 2 aromatic carbocycles. The third kappa shape index (κ3) is 11.1. The van der Waals surface area contributed by atoms with Crippen molar-refractivity contribution in [3.63, 3.8) is 0 Å². The molecule has 2 unspecified atom stereocenters. The highest BCUT2D eigenvalue weighted by molar-refractivity contribution is 6.30. The zero-order valence-electron chi connectivity index (χ0n) is 45.6. The highest BCUT2D eigenvalue weighted by atomic mass is 35.5. The third-order valence-corrected chi connectivity index (χ3v) is 14.8. The predicted octanol–water partition coefficient (Wildman–Crippen LogP) is 9.40. The summed E-state index contributed by atoms with van der Waals surface area (Å²) in [6.45, 7) is 21.9. The molecule has 4 aliphatic rings. The van der Waals surface area contributed by atoms with Gasteiger partial charge in [-0.05, 0) is 143 Å². The number of pyridine rings is 2. The number of piperazine rings is 2. The van der Waals surface area contributed by atoms with Gasteiger partial charge in [-0.1, -0.05) is 53.6 Å². The van der Waals surface area contributed by atoms with Gasteiger partial charge in [-0.3, -0.25) is 19.8 Å². The molecular weight excluding hydrogens is 980 g/mol. The van der Waals surface area contributed by atoms with Gasteiger partial charge in [0.2, 0.25) is 0 Å². The standard InChI is InChI=1S/C30H37N5O3.C29H34ClN5O3/c1-20-9-10-22-23(16-20)24(30(5,37)25-18-31-19-33(25)6)17-21-8-7-11-32-26(21)27(22)34-12-14-35(15-13-34)28(36)38-29(2,3)4;1-28(2,3)38-27(36)35-13-11-34(12-14-35)26-21-9-8-20(30)16-22(21)23(15-19-7-6-10-32-25(19)26)29(4,37)24-17-31-18-33(24)5/h7-11,16-19,27,37H,12-15H2,1-6H3;6-10,15-18,26,37H,11-14H2,1-5H3/t27?,30-;26?,29-/m01/s1. The van der Waals surface area contributed by atoms with E-state index < -0.39 is 22.4 Å². The molecule has 2 amide bonds. The van der Waals surface area contributed by atoms with Crippen LogP contribution >= 0.6 is 11.6 Å². The summed E-state index contributed by atoms with van der Waals surface area (Å²) in [6.07, 6.45) is 14.0. The Morgan fingerprint density at radius 2 is 1.00 bits per heavy atom. The van der Waals surface area contributed by atoms with Crippen LogP contribution < -0.4 is 0 Å². The SMILES string of the molecule is Cc1ccc2c(c1)C([C@](C)(O)c1cncn1C)=Cc1cccnc1C2N1CCN(C(=O)OC(C)(C)C)CC1.Cn1cncc1[C@](C)(O)C1=Cc2cccnc2C(N2CCN(C(=O)OC(C)(C)C)CC2)c2ccc(Cl)cc21. The second kappa shape index (κ2) is 21.0. The third-order valence-electron chi connectivity index (χ3n) is 14.6. The number of aromatic nitrogens is 6. The van der Waals surface area contributed by atoms with E-state index >= 15 is 0 Å². The number of hydrogen-bond acceptors (Lipinski definition) is 12. The summed E-state index contributed by atoms with van der Waals surface area (Å²) in [5, 5.41) is 24.6. The number of amides is 2. The first kappa shape index (κ1) is 54.1. The van der Waals surface area contributed by atoms with Crippen molar-refractivity contribution < 1.29 is 29.3 Å². The van der Waals surface area contributed by atoms with Crippen molar-refractivity contribution >= 4 is 47.1 Å². The Labute approximate surface area is 451 Å². The summed E-state index contributed by atoms with van der Waals surface area (Å²) in [5.41, 5.74) is 8.03. The van der Waals surface area contributed by atoms with E-state index in [2.05, 4.69) is 57.0 Å². The van der Waals surface area contributed by atoms with E-state index in [1.165, 1.54) is 0 Å². The molecule has 0 saturated carbocycles. The minimum absolute atomic E-state index is 0.126. The monoisotopic (exact) mass is 1050 g/mol. The summed E-state index contributed by atoms with van der Waals surface area (Å²) in [4.78, 5) is 51.9. The van der Waals surface area contributed by atoms with Crippen LogP contribution in [0.1, 0.15) is 129 Å². The quantitative estimate of drug-likeness (QED) is 0.163. The smallest absolute Gasteiger partial charge is 0.410 e. The van der Waals surface area contributed by atoms with Crippen molar-refractivity contribution in [2.75, 3.05) is 52.4 Å². The second-order valence-electron chi connectivity index (χ2n) is 22.6. The van der Waals surface area contributed by atoms with Crippen LogP contribution in [0.15, 0.2) is 98.1 Å². The second-order valence-corrected chi connectivity index (χ2v) is 23.1. The number of nitrogens with zero attached hydrogens (tertiary/aromatic N) is 10. The summed E-state index contributed by atoms with van der Waals surface area (Å²) in [6, 6.07) is 19.9. The number of halogens is 1. The number of fused-ring (bicyclic) bond motifs is 4. The van der Waals surface area contributed by atoms with Gasteiger partial charge in [0.1, 0.15) is 22.4 Å². The van der Waals surface area contributed by atoms with Gasteiger partial charge < -0.3 is 38.6 Å². The van der Waals surface area contributed by atoms with Crippen LogP contribution in [-0.2, 0) is 34.8 Å². The molecule has 4 atom stereocenters. The molecule has 10 rings (SSSR count). The number of benzene rings is 2. The van der Waals surface area contributed by atoms with Gasteiger partial charge in [-0.15, -0.1) is 0 Å². The molecule has 2 N–H and O–H groups in total. The molecule has 16 nitrogen and oxygen atoms in total. The first-order valence-corrected chi connectivity index (χ1v) is 26.4. The molecular formula is C59H71ClN10O6. The number of ether oxygens (including phenoxy) is 2. The van der Waals surface area contributed by atoms with Crippen molar-refractivity contribution in [3.05, 3.63) is 165 Å². The maximum atomic E-state index is 12.7. The van der Waals surface area contributed by atoms with Gasteiger partial charge in [0.25, 0.3) is 0 Å². The zero-order valence-corrected chi connectivity index (χ0v) is 46.3. The Morgan fingerprint density at radius 3 is 1.39 bits per heavy atom. The Balaban J connectivity index is 0.000000186. The van der Waals surface area contributed by atoms with Crippen LogP contribution in [0, 0.1) is 6.92 Å². The topological polar surface area (TPSA) is 167 Å². The molecule has 17 heteroatoms. The number of carbonyl (C=O) groups is 2. The number of rotatable bonds is 6. The van der Waals surface area contributed by atoms with Gasteiger partial charge in [-0.25, -0.2) is 19.6 Å². The number of carbonyl (C=O) groups excluding carboxylic acids is 2. The Bertz CT molecular complexity index is 2970. The molecule has 2 aliphatic carbocycles. The van der Waals surface area contributed by atoms with Crippen molar-refractivity contribution in [1.82, 2.24) is 48.7 Å². The van der Waals surface area contributed by atoms with Crippen molar-refractivity contribution in [1.29, 1.82) is 0 Å². The molecule has 6 aromatic rings. The van der Waals surface area contributed by atoms with E-state index in [0.29, 0.717) is 68.8 Å². The lowest BCUT2D eigenvalue weighted by Gasteiger charge is -2.40. The molecule has 0 radical (unpaired) electrons. The van der Waals surface area contributed by atoms with Crippen LogP contribution in [0.2, 0.25) is 5.02 Å². The normalized spacial score (nSPS) is 19.6. The van der Waals surface area contributed by atoms with Crippen LogP contribution in [0.25, 0.3) is 23.3 Å². The molecule has 400 valence electrons. The van der Waals surface area contributed by atoms with E-state index in [9.17, 15) is 19.8 Å². The molecule has 0 bridgehead atoms. The summed E-state index contributed by atoms with van der Waals surface area (Å²) >= 11 is 6.54. The fraction of sp³-hybridized carbons (Fsp3) is 0.424. The van der Waals surface area contributed by atoms with Gasteiger partial charge in [0.15, 0.2) is 0 Å². The van der Waals surface area contributed by atoms with Crippen LogP contribution in [0.5, 0.6) is 0 Å². The van der Waals surface area contributed by atoms with Gasteiger partial charge in [0.05, 0.1) is 59.9 Å². The summed E-state index contributed by atoms with van der Waals surface area (Å²) < 4.78 is 14.9. The van der Waals surface area contributed by atoms with Crippen molar-refractivity contribution in [2.45, 2.75) is 96.8 Å². The zero-order chi connectivity index (χ0) is 54.5. The van der Waals surface area contributed by atoms with Crippen LogP contribution in [0.4, 0.5) is 9.59 Å². The minimum Gasteiger partial charge on any atom is -0.444 e. The molecule has 2 saturated heterocycles. The lowest BCUT2D eigenvalue weighted by molar-refractivity contribution is 0.0108. The number of hydrogen-bond donors (Lipinski definition) is 2. The van der Waals surface area contributed by atoms with Gasteiger partial charge in [-0.2, -0.15) is 0 Å². The number of aryl methyl sites for hydroxylation is 3. The molecule has 76 heavy (non-hydrogen) atoms. The maximum absolute atomic E-state index is 12.7. The van der Waals surface area contributed by atoms with Gasteiger partial charge >= 0.3 is 12.2 Å². The van der Waals surface area contributed by atoms with E-state index in [-0.39, 0.29) is 24.3 Å². The Morgan fingerprint density at radius 1 is 0.592 bits per heavy atom. The van der Waals surface area contributed by atoms with E-state index in [1.807, 2.05) is 120 Å². The fourth-order valence-corrected chi connectivity index (χ4v) is 11.1. The Hall–Kier alpha value is -6.69. The number of aliphatic hydroxyl groups is 2. The average Bonchev–Trinajstić information content (AvgIpc) is 3.99.